The summed E-state index contributed by atoms with van der Waals surface area (Å²) < 4.78 is 5.39. The topological polar surface area (TPSA) is 38.3 Å². The second-order valence-electron chi connectivity index (χ2n) is 14.1. The average molecular weight is 622 g/mol. The monoisotopic (exact) mass is 622 g/mol. The molecule has 0 aliphatic heterocycles. The van der Waals surface area contributed by atoms with Crippen LogP contribution in [-0.2, 0) is 9.53 Å². The van der Waals surface area contributed by atoms with Gasteiger partial charge in [0, 0.05) is 6.42 Å². The predicted molar refractivity (Wildman–Crippen MR) is 197 cm³/mol. The summed E-state index contributed by atoms with van der Waals surface area (Å²) in [6.45, 7) is 9.90. The van der Waals surface area contributed by atoms with Crippen molar-refractivity contribution in [3.05, 3.63) is 0 Å². The molecule has 1 N–H and O–H groups in total. The summed E-state index contributed by atoms with van der Waals surface area (Å²) in [7, 11) is 0. The normalized spacial score (nSPS) is 12.2. The van der Waals surface area contributed by atoms with Crippen LogP contribution < -0.4 is 5.32 Å². The van der Waals surface area contributed by atoms with E-state index in [-0.39, 0.29) is 5.97 Å². The number of carbonyl (C=O) groups is 1. The molecule has 0 aliphatic carbocycles. The number of carbonyl (C=O) groups excluding carboxylic acids is 1. The fourth-order valence-corrected chi connectivity index (χ4v) is 6.57. The highest BCUT2D eigenvalue weighted by atomic mass is 16.5. The van der Waals surface area contributed by atoms with E-state index in [1.54, 1.807) is 0 Å². The maximum Gasteiger partial charge on any atom is 0.305 e. The highest BCUT2D eigenvalue weighted by Crippen LogP contribution is 2.23. The second kappa shape index (κ2) is 38.6. The first-order chi connectivity index (χ1) is 21.7. The number of rotatable bonds is 38. The number of ether oxygens (including phenoxy) is 1. The summed E-state index contributed by atoms with van der Waals surface area (Å²) in [6.07, 6.45) is 44.1. The van der Waals surface area contributed by atoms with Gasteiger partial charge in [0.25, 0.3) is 0 Å². The van der Waals surface area contributed by atoms with Crippen LogP contribution in [0.3, 0.4) is 0 Å². The Hall–Kier alpha value is -0.570. The highest BCUT2D eigenvalue weighted by Gasteiger charge is 2.09. The molecule has 0 fully saturated rings. The third kappa shape index (κ3) is 35.9. The Morgan fingerprint density at radius 3 is 1.30 bits per heavy atom. The smallest absolute Gasteiger partial charge is 0.305 e. The summed E-state index contributed by atoms with van der Waals surface area (Å²) in [6, 6.07) is 0. The van der Waals surface area contributed by atoms with Gasteiger partial charge >= 0.3 is 5.97 Å². The Labute approximate surface area is 278 Å². The number of unbranched alkanes of at least 4 members (excludes halogenated alkanes) is 24. The van der Waals surface area contributed by atoms with Gasteiger partial charge in [-0.3, -0.25) is 4.79 Å². The van der Waals surface area contributed by atoms with E-state index in [0.29, 0.717) is 13.0 Å². The van der Waals surface area contributed by atoms with Crippen molar-refractivity contribution in [3.8, 4) is 0 Å². The van der Waals surface area contributed by atoms with Crippen molar-refractivity contribution >= 4 is 5.97 Å². The molecule has 0 aliphatic rings. The minimum Gasteiger partial charge on any atom is -0.466 e. The van der Waals surface area contributed by atoms with Crippen LogP contribution in [-0.4, -0.2) is 25.7 Å². The molecule has 0 heterocycles. The Morgan fingerprint density at radius 1 is 0.432 bits per heavy atom. The first-order valence-electron chi connectivity index (χ1n) is 20.6. The standard InChI is InChI=1S/C41H83NO2/c1-4-7-10-13-16-19-23-28-34-40(33-27-22-14-11-8-5-2)35-32-38-42-37-30-25-21-18-17-20-24-29-36-41(43)44-39-31-26-15-12-9-6-3/h40,42H,4-39H2,1-3H3. The largest absolute Gasteiger partial charge is 0.466 e. The first-order valence-corrected chi connectivity index (χ1v) is 20.6. The Bertz CT molecular complexity index is 537. The Balaban J connectivity index is 3.64. The zero-order valence-electron chi connectivity index (χ0n) is 30.8. The summed E-state index contributed by atoms with van der Waals surface area (Å²) in [5.74, 6) is 0.988. The zero-order valence-corrected chi connectivity index (χ0v) is 30.8. The quantitative estimate of drug-likeness (QED) is 0.0550. The fraction of sp³-hybridized carbons (Fsp3) is 0.976. The van der Waals surface area contributed by atoms with Gasteiger partial charge in [0.15, 0.2) is 0 Å². The number of hydrogen-bond donors (Lipinski definition) is 1. The van der Waals surface area contributed by atoms with Gasteiger partial charge in [-0.25, -0.2) is 0 Å². The van der Waals surface area contributed by atoms with Crippen LogP contribution in [0.25, 0.3) is 0 Å². The van der Waals surface area contributed by atoms with Crippen molar-refractivity contribution in [2.45, 2.75) is 233 Å². The van der Waals surface area contributed by atoms with Crippen molar-refractivity contribution in [2.75, 3.05) is 19.7 Å². The van der Waals surface area contributed by atoms with Crippen molar-refractivity contribution in [3.63, 3.8) is 0 Å². The lowest BCUT2D eigenvalue weighted by molar-refractivity contribution is -0.143. The molecule has 0 aromatic carbocycles. The van der Waals surface area contributed by atoms with Crippen LogP contribution in [0.15, 0.2) is 0 Å². The third-order valence-corrected chi connectivity index (χ3v) is 9.64. The maximum atomic E-state index is 11.9. The zero-order chi connectivity index (χ0) is 32.0. The molecule has 3 heteroatoms. The summed E-state index contributed by atoms with van der Waals surface area (Å²) >= 11 is 0. The van der Waals surface area contributed by atoms with Gasteiger partial charge < -0.3 is 10.1 Å². The Morgan fingerprint density at radius 2 is 0.795 bits per heavy atom. The van der Waals surface area contributed by atoms with E-state index >= 15 is 0 Å². The van der Waals surface area contributed by atoms with Crippen LogP contribution in [0.4, 0.5) is 0 Å². The number of esters is 1. The fourth-order valence-electron chi connectivity index (χ4n) is 6.57. The molecule has 0 aromatic rings. The summed E-state index contributed by atoms with van der Waals surface area (Å²) in [4.78, 5) is 11.9. The van der Waals surface area contributed by atoms with Gasteiger partial charge in [0.2, 0.25) is 0 Å². The molecule has 1 unspecified atom stereocenters. The van der Waals surface area contributed by atoms with E-state index < -0.39 is 0 Å². The lowest BCUT2D eigenvalue weighted by atomic mass is 9.90. The molecule has 0 amide bonds. The summed E-state index contributed by atoms with van der Waals surface area (Å²) in [5.41, 5.74) is 0. The van der Waals surface area contributed by atoms with Crippen LogP contribution in [0, 0.1) is 5.92 Å². The van der Waals surface area contributed by atoms with Crippen molar-refractivity contribution in [2.24, 2.45) is 5.92 Å². The van der Waals surface area contributed by atoms with Gasteiger partial charge in [0.05, 0.1) is 6.61 Å². The van der Waals surface area contributed by atoms with Crippen molar-refractivity contribution < 1.29 is 9.53 Å². The minimum absolute atomic E-state index is 0.0166. The molecule has 0 spiro atoms. The first kappa shape index (κ1) is 43.4. The van der Waals surface area contributed by atoms with E-state index in [2.05, 4.69) is 26.1 Å². The molecule has 0 radical (unpaired) electrons. The lowest BCUT2D eigenvalue weighted by Crippen LogP contribution is -2.17. The van der Waals surface area contributed by atoms with Crippen molar-refractivity contribution in [1.82, 2.24) is 5.32 Å². The van der Waals surface area contributed by atoms with Crippen LogP contribution in [0.2, 0.25) is 0 Å². The SMILES string of the molecule is CCCCCCCCCCC(CCCCCCCC)CCCNCCCCCCCCCCC(=O)OCCCCCCCC. The predicted octanol–water partition coefficient (Wildman–Crippen LogP) is 13.7. The Kier molecular flexibility index (Phi) is 38.1. The molecule has 264 valence electrons. The molecule has 44 heavy (non-hydrogen) atoms. The maximum absolute atomic E-state index is 11.9. The molecule has 1 atom stereocenters. The number of hydrogen-bond acceptors (Lipinski definition) is 3. The lowest BCUT2D eigenvalue weighted by Gasteiger charge is -2.17. The van der Waals surface area contributed by atoms with Gasteiger partial charge in [-0.05, 0) is 51.1 Å². The molecular formula is C41H83NO2. The molecule has 0 rings (SSSR count). The van der Waals surface area contributed by atoms with Gasteiger partial charge in [-0.1, -0.05) is 194 Å². The number of nitrogens with one attached hydrogen (secondary N) is 1. The molecule has 0 saturated heterocycles. The molecule has 0 aromatic heterocycles. The van der Waals surface area contributed by atoms with Gasteiger partial charge in [-0.2, -0.15) is 0 Å². The van der Waals surface area contributed by atoms with E-state index in [1.165, 1.54) is 206 Å². The van der Waals surface area contributed by atoms with E-state index in [1.807, 2.05) is 0 Å². The van der Waals surface area contributed by atoms with Crippen molar-refractivity contribution in [1.29, 1.82) is 0 Å². The minimum atomic E-state index is 0.0166. The van der Waals surface area contributed by atoms with E-state index in [0.717, 1.165) is 18.8 Å². The van der Waals surface area contributed by atoms with Gasteiger partial charge in [0.1, 0.15) is 0 Å². The second-order valence-corrected chi connectivity index (χ2v) is 14.1. The molecule has 0 saturated carbocycles. The summed E-state index contributed by atoms with van der Waals surface area (Å²) in [5, 5.41) is 3.75. The van der Waals surface area contributed by atoms with Gasteiger partial charge in [-0.15, -0.1) is 0 Å². The average Bonchev–Trinajstić information content (AvgIpc) is 3.03. The van der Waals surface area contributed by atoms with Crippen LogP contribution >= 0.6 is 0 Å². The third-order valence-electron chi connectivity index (χ3n) is 9.64. The molecule has 3 nitrogen and oxygen atoms in total. The molecule has 0 bridgehead atoms. The van der Waals surface area contributed by atoms with E-state index in [9.17, 15) is 4.79 Å². The highest BCUT2D eigenvalue weighted by molar-refractivity contribution is 5.69. The molecular weight excluding hydrogens is 538 g/mol. The van der Waals surface area contributed by atoms with Crippen LogP contribution in [0.1, 0.15) is 233 Å². The van der Waals surface area contributed by atoms with E-state index in [4.69, 9.17) is 4.74 Å². The van der Waals surface area contributed by atoms with Crippen LogP contribution in [0.5, 0.6) is 0 Å².